The fourth-order valence-electron chi connectivity index (χ4n) is 8.05. The van der Waals surface area contributed by atoms with Crippen molar-refractivity contribution in [2.45, 2.75) is 37.7 Å². The highest BCUT2D eigenvalue weighted by atomic mass is 19.1. The Morgan fingerprint density at radius 1 is 0.756 bits per heavy atom. The van der Waals surface area contributed by atoms with Crippen molar-refractivity contribution in [1.82, 2.24) is 0 Å². The van der Waals surface area contributed by atoms with E-state index in [2.05, 4.69) is 67.3 Å². The van der Waals surface area contributed by atoms with Gasteiger partial charge in [0.25, 0.3) is 0 Å². The Balaban J connectivity index is 1.38. The lowest BCUT2D eigenvalue weighted by molar-refractivity contribution is 0.122. The monoisotopic (exact) mass is 599 g/mol. The van der Waals surface area contributed by atoms with Crippen LogP contribution in [0.25, 0.3) is 28.0 Å². The maximum atomic E-state index is 15.1. The average Bonchev–Trinajstić information content (AvgIpc) is 3.38. The quantitative estimate of drug-likeness (QED) is 0.201. The molecule has 5 heteroatoms. The minimum Gasteiger partial charge on any atom is -0.472 e. The molecule has 45 heavy (non-hydrogen) atoms. The van der Waals surface area contributed by atoms with Crippen LogP contribution in [-0.4, -0.2) is 26.3 Å². The number of halogens is 2. The zero-order valence-electron chi connectivity index (χ0n) is 25.6. The lowest BCUT2D eigenvalue weighted by atomic mass is 9.71. The van der Waals surface area contributed by atoms with Crippen molar-refractivity contribution >= 4 is 22.5 Å². The molecule has 5 aromatic carbocycles. The molecule has 1 aliphatic carbocycles. The van der Waals surface area contributed by atoms with Crippen LogP contribution in [-0.2, 0) is 15.8 Å². The van der Waals surface area contributed by atoms with Crippen molar-refractivity contribution in [3.8, 4) is 16.9 Å². The van der Waals surface area contributed by atoms with E-state index < -0.39 is 11.0 Å². The Morgan fingerprint density at radius 3 is 2.18 bits per heavy atom. The Labute approximate surface area is 262 Å². The van der Waals surface area contributed by atoms with Crippen molar-refractivity contribution in [3.05, 3.63) is 137 Å². The van der Waals surface area contributed by atoms with Gasteiger partial charge in [-0.3, -0.25) is 0 Å². The molecule has 226 valence electrons. The summed E-state index contributed by atoms with van der Waals surface area (Å²) in [5.74, 6) is 0.0939. The fourth-order valence-corrected chi connectivity index (χ4v) is 8.05. The Bertz CT molecular complexity index is 1960. The maximum absolute atomic E-state index is 15.1. The Hall–Kier alpha value is -4.48. The molecular weight excluding hydrogens is 564 g/mol. The summed E-state index contributed by atoms with van der Waals surface area (Å²) in [7, 11) is 0. The second-order valence-electron chi connectivity index (χ2n) is 12.3. The van der Waals surface area contributed by atoms with Gasteiger partial charge < -0.3 is 14.4 Å². The van der Waals surface area contributed by atoms with E-state index in [1.807, 2.05) is 30.3 Å². The molecule has 1 saturated heterocycles. The average molecular weight is 600 g/mol. The summed E-state index contributed by atoms with van der Waals surface area (Å²) >= 11 is 0. The second kappa shape index (κ2) is 10.6. The Kier molecular flexibility index (Phi) is 6.58. The van der Waals surface area contributed by atoms with Crippen molar-refractivity contribution in [3.63, 3.8) is 0 Å². The van der Waals surface area contributed by atoms with Crippen LogP contribution in [0.5, 0.6) is 5.75 Å². The highest BCUT2D eigenvalue weighted by Gasteiger charge is 2.47. The molecule has 3 aliphatic rings. The molecule has 8 rings (SSSR count). The van der Waals surface area contributed by atoms with E-state index in [1.165, 1.54) is 12.1 Å². The van der Waals surface area contributed by atoms with Gasteiger partial charge in [0.1, 0.15) is 17.4 Å². The molecular formula is C40H35F2NO2. The zero-order valence-corrected chi connectivity index (χ0v) is 25.6. The molecule has 0 radical (unpaired) electrons. The summed E-state index contributed by atoms with van der Waals surface area (Å²) in [6.45, 7) is 7.51. The summed E-state index contributed by atoms with van der Waals surface area (Å²) in [6, 6.07) is 28.9. The molecule has 5 aromatic rings. The smallest absolute Gasteiger partial charge is 0.178 e. The van der Waals surface area contributed by atoms with Crippen LogP contribution >= 0.6 is 0 Å². The molecule has 2 aliphatic heterocycles. The number of morpholine rings is 1. The second-order valence-corrected chi connectivity index (χ2v) is 12.3. The van der Waals surface area contributed by atoms with Crippen molar-refractivity contribution < 1.29 is 18.3 Å². The third kappa shape index (κ3) is 4.10. The van der Waals surface area contributed by atoms with Crippen molar-refractivity contribution in [2.75, 3.05) is 31.2 Å². The van der Waals surface area contributed by atoms with Gasteiger partial charge in [0.15, 0.2) is 5.60 Å². The third-order valence-corrected chi connectivity index (χ3v) is 10.3. The lowest BCUT2D eigenvalue weighted by Gasteiger charge is -2.39. The standard InChI is InChI=1S/C40H35F2NO2/c1-3-39(4-2)35-25-29(42)13-17-32(35)36-31-16-12-28(41)24-34(31)38-33(37(36)39)18-19-40(45-38,26-8-6-5-7-9-26)27-10-14-30(15-11-27)43-20-22-44-23-21-43/h5-19,24-25H,3-4,20-23H2,1-2H3. The summed E-state index contributed by atoms with van der Waals surface area (Å²) in [5.41, 5.74) is 6.93. The first kappa shape index (κ1) is 28.0. The van der Waals surface area contributed by atoms with E-state index in [-0.39, 0.29) is 11.6 Å². The first-order chi connectivity index (χ1) is 22.0. The van der Waals surface area contributed by atoms with E-state index >= 15 is 4.39 Å². The molecule has 1 atom stereocenters. The molecule has 0 N–H and O–H groups in total. The molecule has 3 nitrogen and oxygen atoms in total. The fraction of sp³-hybridized carbons (Fsp3) is 0.250. The summed E-state index contributed by atoms with van der Waals surface area (Å²) < 4.78 is 42.8. The largest absolute Gasteiger partial charge is 0.472 e. The van der Waals surface area contributed by atoms with Crippen LogP contribution in [0.1, 0.15) is 54.5 Å². The molecule has 2 heterocycles. The van der Waals surface area contributed by atoms with Crippen LogP contribution in [0.15, 0.2) is 97.1 Å². The number of ether oxygens (including phenoxy) is 2. The first-order valence-corrected chi connectivity index (χ1v) is 16.0. The van der Waals surface area contributed by atoms with Gasteiger partial charge >= 0.3 is 0 Å². The predicted octanol–water partition coefficient (Wildman–Crippen LogP) is 9.39. The van der Waals surface area contributed by atoms with Gasteiger partial charge in [-0.25, -0.2) is 8.78 Å². The lowest BCUT2D eigenvalue weighted by Crippen LogP contribution is -2.37. The van der Waals surface area contributed by atoms with Gasteiger partial charge in [-0.2, -0.15) is 0 Å². The van der Waals surface area contributed by atoms with Gasteiger partial charge in [0.2, 0.25) is 0 Å². The van der Waals surface area contributed by atoms with Crippen LogP contribution in [0, 0.1) is 11.6 Å². The number of anilines is 1. The summed E-state index contributed by atoms with van der Waals surface area (Å²) in [4.78, 5) is 2.34. The number of rotatable bonds is 5. The number of hydrogen-bond acceptors (Lipinski definition) is 3. The van der Waals surface area contributed by atoms with Crippen molar-refractivity contribution in [1.29, 1.82) is 0 Å². The van der Waals surface area contributed by atoms with E-state index in [9.17, 15) is 4.39 Å². The van der Waals surface area contributed by atoms with Gasteiger partial charge in [0, 0.05) is 46.3 Å². The predicted molar refractivity (Wildman–Crippen MR) is 177 cm³/mol. The third-order valence-electron chi connectivity index (χ3n) is 10.3. The highest BCUT2D eigenvalue weighted by Crippen LogP contribution is 2.60. The minimum atomic E-state index is -0.941. The van der Waals surface area contributed by atoms with E-state index in [0.717, 1.165) is 94.5 Å². The van der Waals surface area contributed by atoms with E-state index in [0.29, 0.717) is 5.75 Å². The van der Waals surface area contributed by atoms with Gasteiger partial charge in [-0.15, -0.1) is 0 Å². The summed E-state index contributed by atoms with van der Waals surface area (Å²) in [6.07, 6.45) is 5.92. The van der Waals surface area contributed by atoms with Crippen LogP contribution in [0.4, 0.5) is 14.5 Å². The number of benzene rings is 5. The number of fused-ring (bicyclic) bond motifs is 8. The van der Waals surface area contributed by atoms with Crippen LogP contribution < -0.4 is 9.64 Å². The van der Waals surface area contributed by atoms with Gasteiger partial charge in [-0.05, 0) is 83.0 Å². The van der Waals surface area contributed by atoms with Crippen LogP contribution in [0.2, 0.25) is 0 Å². The number of nitrogens with zero attached hydrogens (tertiary/aromatic N) is 1. The topological polar surface area (TPSA) is 21.7 Å². The van der Waals surface area contributed by atoms with Crippen molar-refractivity contribution in [2.24, 2.45) is 0 Å². The van der Waals surface area contributed by atoms with Crippen LogP contribution in [0.3, 0.4) is 0 Å². The minimum absolute atomic E-state index is 0.243. The molecule has 1 fully saturated rings. The molecule has 0 saturated carbocycles. The zero-order chi connectivity index (χ0) is 30.8. The molecule has 0 amide bonds. The Morgan fingerprint density at radius 2 is 1.44 bits per heavy atom. The first-order valence-electron chi connectivity index (χ1n) is 16.0. The molecule has 0 aromatic heterocycles. The highest BCUT2D eigenvalue weighted by molar-refractivity contribution is 6.08. The molecule has 0 spiro atoms. The molecule has 0 bridgehead atoms. The summed E-state index contributed by atoms with van der Waals surface area (Å²) in [5, 5.41) is 1.64. The van der Waals surface area contributed by atoms with Gasteiger partial charge in [-0.1, -0.05) is 74.5 Å². The molecule has 1 unspecified atom stereocenters. The maximum Gasteiger partial charge on any atom is 0.178 e. The normalized spacial score (nSPS) is 19.6. The van der Waals surface area contributed by atoms with E-state index in [4.69, 9.17) is 9.47 Å². The number of hydrogen-bond donors (Lipinski definition) is 0. The van der Waals surface area contributed by atoms with E-state index in [1.54, 1.807) is 12.1 Å². The SMILES string of the molecule is CCC1(CC)c2cc(F)ccc2-c2c1c1c(c3cc(F)ccc23)OC(c2ccccc2)(c2ccc(N3CCOCC3)cc2)C=C1. The van der Waals surface area contributed by atoms with Gasteiger partial charge in [0.05, 0.1) is 13.2 Å².